The minimum absolute atomic E-state index is 0.644. The van der Waals surface area contributed by atoms with Gasteiger partial charge in [0.1, 0.15) is 0 Å². The second kappa shape index (κ2) is 5.54. The van der Waals surface area contributed by atoms with E-state index < -0.39 is 0 Å². The zero-order valence-electron chi connectivity index (χ0n) is 11.2. The van der Waals surface area contributed by atoms with Crippen LogP contribution in [0.2, 0.25) is 0 Å². The largest absolute Gasteiger partial charge is 0.373 e. The van der Waals surface area contributed by atoms with Crippen molar-refractivity contribution in [1.82, 2.24) is 5.32 Å². The Kier molecular flexibility index (Phi) is 4.06. The van der Waals surface area contributed by atoms with Gasteiger partial charge in [0.2, 0.25) is 0 Å². The fourth-order valence-electron chi connectivity index (χ4n) is 2.36. The quantitative estimate of drug-likeness (QED) is 0.811. The zero-order valence-corrected chi connectivity index (χ0v) is 11.2. The van der Waals surface area contributed by atoms with Crippen molar-refractivity contribution in [1.29, 1.82) is 0 Å². The molecule has 0 radical (unpaired) electrons. The number of likely N-dealkylation sites (N-methyl/N-ethyl adjacent to an activating group) is 2. The van der Waals surface area contributed by atoms with Crippen LogP contribution in [0.25, 0.3) is 0 Å². The normalized spacial score (nSPS) is 16.9. The van der Waals surface area contributed by atoms with Gasteiger partial charge < -0.3 is 10.2 Å². The lowest BCUT2D eigenvalue weighted by Crippen LogP contribution is -2.39. The van der Waals surface area contributed by atoms with E-state index in [0.29, 0.717) is 6.04 Å². The molecule has 0 spiro atoms. The monoisotopic (exact) mass is 232 g/mol. The third kappa shape index (κ3) is 3.22. The van der Waals surface area contributed by atoms with Crippen LogP contribution in [0.4, 0.5) is 5.69 Å². The van der Waals surface area contributed by atoms with Gasteiger partial charge in [0.15, 0.2) is 0 Å². The van der Waals surface area contributed by atoms with Crippen molar-refractivity contribution in [2.24, 2.45) is 5.92 Å². The fraction of sp³-hybridized carbons (Fsp3) is 0.600. The highest BCUT2D eigenvalue weighted by molar-refractivity contribution is 5.47. The average molecular weight is 232 g/mol. The first-order chi connectivity index (χ1) is 8.24. The Morgan fingerprint density at radius 1 is 1.29 bits per heavy atom. The molecule has 0 amide bonds. The van der Waals surface area contributed by atoms with Crippen molar-refractivity contribution < 1.29 is 0 Å². The Morgan fingerprint density at radius 3 is 2.41 bits per heavy atom. The number of hydrogen-bond donors (Lipinski definition) is 1. The maximum atomic E-state index is 3.45. The lowest BCUT2D eigenvalue weighted by molar-refractivity contribution is 0.503. The van der Waals surface area contributed by atoms with Gasteiger partial charge in [-0.15, -0.1) is 0 Å². The Labute approximate surface area is 105 Å². The van der Waals surface area contributed by atoms with E-state index in [1.807, 2.05) is 0 Å². The molecule has 1 N–H and O–H groups in total. The topological polar surface area (TPSA) is 15.3 Å². The number of nitrogens with one attached hydrogen (secondary N) is 1. The van der Waals surface area contributed by atoms with Crippen LogP contribution in [0.15, 0.2) is 24.3 Å². The van der Waals surface area contributed by atoms with Gasteiger partial charge in [-0.2, -0.15) is 0 Å². The molecular weight excluding hydrogens is 208 g/mol. The molecule has 0 heterocycles. The molecule has 1 aromatic carbocycles. The molecule has 1 aliphatic carbocycles. The number of aryl methyl sites for hydroxylation is 1. The highest BCUT2D eigenvalue weighted by atomic mass is 15.1. The Balaban J connectivity index is 1.95. The van der Waals surface area contributed by atoms with E-state index in [1.165, 1.54) is 24.1 Å². The second-order valence-electron chi connectivity index (χ2n) is 5.13. The van der Waals surface area contributed by atoms with E-state index in [2.05, 4.69) is 55.5 Å². The molecule has 17 heavy (non-hydrogen) atoms. The minimum Gasteiger partial charge on any atom is -0.373 e. The fourth-order valence-corrected chi connectivity index (χ4v) is 2.36. The summed E-state index contributed by atoms with van der Waals surface area (Å²) in [5.41, 5.74) is 2.73. The molecule has 94 valence electrons. The van der Waals surface area contributed by atoms with E-state index in [-0.39, 0.29) is 0 Å². The summed E-state index contributed by atoms with van der Waals surface area (Å²) in [5.74, 6) is 0.900. The summed E-state index contributed by atoms with van der Waals surface area (Å²) in [4.78, 5) is 2.36. The van der Waals surface area contributed by atoms with E-state index in [0.717, 1.165) is 18.9 Å². The Bertz CT molecular complexity index is 340. The molecule has 0 aliphatic heterocycles. The van der Waals surface area contributed by atoms with E-state index >= 15 is 0 Å². The molecule has 0 aromatic heterocycles. The number of hydrogen-bond acceptors (Lipinski definition) is 2. The zero-order chi connectivity index (χ0) is 12.3. The van der Waals surface area contributed by atoms with Crippen LogP contribution in [-0.2, 0) is 6.42 Å². The molecule has 0 saturated heterocycles. The molecule has 2 rings (SSSR count). The first kappa shape index (κ1) is 12.4. The van der Waals surface area contributed by atoms with Gasteiger partial charge in [-0.1, -0.05) is 19.1 Å². The predicted molar refractivity (Wildman–Crippen MR) is 74.7 cm³/mol. The third-order valence-electron chi connectivity index (χ3n) is 3.82. The number of nitrogens with zero attached hydrogens (tertiary/aromatic N) is 1. The van der Waals surface area contributed by atoms with Gasteiger partial charge in [0, 0.05) is 25.3 Å². The van der Waals surface area contributed by atoms with Gasteiger partial charge in [0.25, 0.3) is 0 Å². The van der Waals surface area contributed by atoms with Crippen LogP contribution in [0.3, 0.4) is 0 Å². The van der Waals surface area contributed by atoms with Crippen molar-refractivity contribution >= 4 is 5.69 Å². The van der Waals surface area contributed by atoms with Crippen LogP contribution >= 0.6 is 0 Å². The highest BCUT2D eigenvalue weighted by Gasteiger charge is 2.30. The van der Waals surface area contributed by atoms with E-state index in [9.17, 15) is 0 Å². The van der Waals surface area contributed by atoms with Gasteiger partial charge >= 0.3 is 0 Å². The summed E-state index contributed by atoms with van der Waals surface area (Å²) in [6.07, 6.45) is 3.91. The standard InChI is InChI=1S/C15H24N2/c1-4-12-5-9-14(10-6-12)17(3)11-15(16-2)13-7-8-13/h5-6,9-10,13,15-16H,4,7-8,11H2,1-3H3. The lowest BCUT2D eigenvalue weighted by atomic mass is 10.1. The summed E-state index contributed by atoms with van der Waals surface area (Å²) >= 11 is 0. The minimum atomic E-state index is 0.644. The van der Waals surface area contributed by atoms with Gasteiger partial charge in [-0.05, 0) is 49.9 Å². The first-order valence-electron chi connectivity index (χ1n) is 6.72. The summed E-state index contributed by atoms with van der Waals surface area (Å²) < 4.78 is 0. The maximum absolute atomic E-state index is 3.45. The van der Waals surface area contributed by atoms with Crippen LogP contribution in [-0.4, -0.2) is 26.7 Å². The van der Waals surface area contributed by atoms with Crippen molar-refractivity contribution in [3.63, 3.8) is 0 Å². The summed E-state index contributed by atoms with van der Waals surface area (Å²) in [7, 11) is 4.27. The van der Waals surface area contributed by atoms with Crippen molar-refractivity contribution in [2.45, 2.75) is 32.2 Å². The van der Waals surface area contributed by atoms with Gasteiger partial charge in [-0.3, -0.25) is 0 Å². The van der Waals surface area contributed by atoms with Crippen LogP contribution in [0, 0.1) is 5.92 Å². The van der Waals surface area contributed by atoms with Crippen molar-refractivity contribution in [3.05, 3.63) is 29.8 Å². The van der Waals surface area contributed by atoms with Gasteiger partial charge in [0.05, 0.1) is 0 Å². The summed E-state index contributed by atoms with van der Waals surface area (Å²) in [6, 6.07) is 9.58. The number of rotatable bonds is 6. The van der Waals surface area contributed by atoms with E-state index in [1.54, 1.807) is 0 Å². The lowest BCUT2D eigenvalue weighted by Gasteiger charge is -2.25. The summed E-state index contributed by atoms with van der Waals surface area (Å²) in [5, 5.41) is 3.45. The van der Waals surface area contributed by atoms with Gasteiger partial charge in [-0.25, -0.2) is 0 Å². The SMILES string of the molecule is CCc1ccc(N(C)CC(NC)C2CC2)cc1. The van der Waals surface area contributed by atoms with Crippen molar-refractivity contribution in [3.8, 4) is 0 Å². The molecule has 1 atom stereocenters. The molecular formula is C15H24N2. The third-order valence-corrected chi connectivity index (χ3v) is 3.82. The average Bonchev–Trinajstić information content (AvgIpc) is 3.20. The van der Waals surface area contributed by atoms with Crippen molar-refractivity contribution in [2.75, 3.05) is 25.5 Å². The molecule has 1 saturated carbocycles. The molecule has 1 aliphatic rings. The second-order valence-corrected chi connectivity index (χ2v) is 5.13. The Morgan fingerprint density at radius 2 is 1.94 bits per heavy atom. The first-order valence-corrected chi connectivity index (χ1v) is 6.72. The van der Waals surface area contributed by atoms with Crippen LogP contribution < -0.4 is 10.2 Å². The van der Waals surface area contributed by atoms with E-state index in [4.69, 9.17) is 0 Å². The summed E-state index contributed by atoms with van der Waals surface area (Å²) in [6.45, 7) is 3.30. The van der Waals surface area contributed by atoms with Crippen LogP contribution in [0.5, 0.6) is 0 Å². The molecule has 1 unspecified atom stereocenters. The number of benzene rings is 1. The smallest absolute Gasteiger partial charge is 0.0364 e. The number of anilines is 1. The molecule has 2 nitrogen and oxygen atoms in total. The molecule has 0 bridgehead atoms. The predicted octanol–water partition coefficient (Wildman–Crippen LogP) is 2.68. The molecule has 1 fully saturated rings. The highest BCUT2D eigenvalue weighted by Crippen LogP contribution is 2.33. The van der Waals surface area contributed by atoms with Crippen LogP contribution in [0.1, 0.15) is 25.3 Å². The molecule has 2 heteroatoms. The maximum Gasteiger partial charge on any atom is 0.0364 e. The molecule has 1 aromatic rings. The Hall–Kier alpha value is -1.02.